The number of anilines is 2. The Morgan fingerprint density at radius 2 is 1.80 bits per heavy atom. The maximum atomic E-state index is 13.7. The fraction of sp³-hybridized carbons (Fsp3) is 0.0714. The standard InChI is InChI=1S/C14H11BrClFN2S/c1-8-6-10(16)3-5-12(8)18-14(20)19-13-4-2-9(15)7-11(13)17/h2-7H,1H3,(H2,18,19,20). The first-order valence-electron chi connectivity index (χ1n) is 5.75. The molecule has 0 amide bonds. The molecule has 0 saturated heterocycles. The minimum atomic E-state index is -0.378. The van der Waals surface area contributed by atoms with Crippen LogP contribution in [-0.2, 0) is 0 Å². The van der Waals surface area contributed by atoms with Crippen molar-refractivity contribution in [1.29, 1.82) is 0 Å². The molecule has 2 rings (SSSR count). The summed E-state index contributed by atoms with van der Waals surface area (Å²) in [6.45, 7) is 1.91. The van der Waals surface area contributed by atoms with E-state index in [1.165, 1.54) is 6.07 Å². The molecule has 0 radical (unpaired) electrons. The van der Waals surface area contributed by atoms with Gasteiger partial charge in [-0.2, -0.15) is 0 Å². The highest BCUT2D eigenvalue weighted by Crippen LogP contribution is 2.22. The summed E-state index contributed by atoms with van der Waals surface area (Å²) in [7, 11) is 0. The summed E-state index contributed by atoms with van der Waals surface area (Å²) in [6.07, 6.45) is 0. The van der Waals surface area contributed by atoms with E-state index in [0.29, 0.717) is 20.3 Å². The lowest BCUT2D eigenvalue weighted by Crippen LogP contribution is -2.20. The monoisotopic (exact) mass is 372 g/mol. The number of nitrogens with one attached hydrogen (secondary N) is 2. The van der Waals surface area contributed by atoms with Gasteiger partial charge in [-0.25, -0.2) is 4.39 Å². The van der Waals surface area contributed by atoms with Gasteiger partial charge in [0.05, 0.1) is 5.69 Å². The van der Waals surface area contributed by atoms with E-state index < -0.39 is 0 Å². The number of hydrogen-bond acceptors (Lipinski definition) is 1. The Bertz CT molecular complexity index is 608. The molecule has 0 heterocycles. The van der Waals surface area contributed by atoms with E-state index in [1.807, 2.05) is 19.1 Å². The van der Waals surface area contributed by atoms with Crippen molar-refractivity contribution in [3.63, 3.8) is 0 Å². The van der Waals surface area contributed by atoms with Crippen molar-refractivity contribution in [2.45, 2.75) is 6.92 Å². The van der Waals surface area contributed by atoms with E-state index in [4.69, 9.17) is 23.8 Å². The van der Waals surface area contributed by atoms with Crippen molar-refractivity contribution in [2.75, 3.05) is 10.6 Å². The second-order valence-electron chi connectivity index (χ2n) is 4.16. The Kier molecular flexibility index (Phi) is 4.96. The molecule has 0 aromatic heterocycles. The smallest absolute Gasteiger partial charge is 0.175 e. The van der Waals surface area contributed by atoms with Crippen LogP contribution in [0, 0.1) is 12.7 Å². The Morgan fingerprint density at radius 1 is 1.15 bits per heavy atom. The van der Waals surface area contributed by atoms with Crippen molar-refractivity contribution < 1.29 is 4.39 Å². The molecule has 0 aliphatic carbocycles. The predicted molar refractivity (Wildman–Crippen MR) is 90.1 cm³/mol. The SMILES string of the molecule is Cc1cc(Cl)ccc1NC(=S)Nc1ccc(Br)cc1F. The molecule has 20 heavy (non-hydrogen) atoms. The van der Waals surface area contributed by atoms with Crippen molar-refractivity contribution in [1.82, 2.24) is 0 Å². The van der Waals surface area contributed by atoms with Crippen LogP contribution < -0.4 is 10.6 Å². The van der Waals surface area contributed by atoms with Gasteiger partial charge in [0.1, 0.15) is 5.82 Å². The van der Waals surface area contributed by atoms with Gasteiger partial charge >= 0.3 is 0 Å². The normalized spacial score (nSPS) is 10.2. The summed E-state index contributed by atoms with van der Waals surface area (Å²) in [4.78, 5) is 0. The van der Waals surface area contributed by atoms with Crippen LogP contribution in [0.15, 0.2) is 40.9 Å². The van der Waals surface area contributed by atoms with Crippen LogP contribution in [-0.4, -0.2) is 5.11 Å². The topological polar surface area (TPSA) is 24.1 Å². The lowest BCUT2D eigenvalue weighted by Gasteiger charge is -2.13. The summed E-state index contributed by atoms with van der Waals surface area (Å²) in [6, 6.07) is 10.1. The highest BCUT2D eigenvalue weighted by molar-refractivity contribution is 9.10. The van der Waals surface area contributed by atoms with Crippen molar-refractivity contribution >= 4 is 56.2 Å². The first-order valence-corrected chi connectivity index (χ1v) is 7.33. The van der Waals surface area contributed by atoms with Crippen molar-refractivity contribution in [3.05, 3.63) is 57.3 Å². The predicted octanol–water partition coefficient (Wildman–Crippen LogP) is 5.36. The van der Waals surface area contributed by atoms with E-state index in [9.17, 15) is 4.39 Å². The molecular formula is C14H11BrClFN2S. The van der Waals surface area contributed by atoms with Crippen LogP contribution in [0.25, 0.3) is 0 Å². The first kappa shape index (κ1) is 15.2. The van der Waals surface area contributed by atoms with Crippen LogP contribution in [0.1, 0.15) is 5.56 Å². The molecule has 0 aliphatic rings. The molecule has 0 spiro atoms. The van der Waals surface area contributed by atoms with Crippen LogP contribution in [0.4, 0.5) is 15.8 Å². The van der Waals surface area contributed by atoms with Crippen molar-refractivity contribution in [3.8, 4) is 0 Å². The zero-order valence-electron chi connectivity index (χ0n) is 10.5. The van der Waals surface area contributed by atoms with Crippen LogP contribution in [0.5, 0.6) is 0 Å². The number of rotatable bonds is 2. The van der Waals surface area contributed by atoms with Gasteiger partial charge in [-0.1, -0.05) is 27.5 Å². The minimum Gasteiger partial charge on any atom is -0.332 e. The fourth-order valence-corrected chi connectivity index (χ4v) is 2.41. The van der Waals surface area contributed by atoms with Crippen LogP contribution >= 0.6 is 39.7 Å². The zero-order chi connectivity index (χ0) is 14.7. The summed E-state index contributed by atoms with van der Waals surface area (Å²) in [5.41, 5.74) is 2.10. The molecule has 2 N–H and O–H groups in total. The number of benzene rings is 2. The number of hydrogen-bond donors (Lipinski definition) is 2. The second-order valence-corrected chi connectivity index (χ2v) is 5.92. The summed E-state index contributed by atoms with van der Waals surface area (Å²) < 4.78 is 14.4. The van der Waals surface area contributed by atoms with Gasteiger partial charge in [-0.3, -0.25) is 0 Å². The van der Waals surface area contributed by atoms with E-state index in [2.05, 4.69) is 26.6 Å². The number of aryl methyl sites for hydroxylation is 1. The molecule has 2 aromatic rings. The third kappa shape index (κ3) is 3.91. The lowest BCUT2D eigenvalue weighted by atomic mass is 10.2. The third-order valence-corrected chi connectivity index (χ3v) is 3.55. The highest BCUT2D eigenvalue weighted by atomic mass is 79.9. The Labute approximate surface area is 135 Å². The number of halogens is 3. The Morgan fingerprint density at radius 3 is 2.45 bits per heavy atom. The molecule has 0 unspecified atom stereocenters. The largest absolute Gasteiger partial charge is 0.332 e. The van der Waals surface area contributed by atoms with Gasteiger partial charge in [0.2, 0.25) is 0 Å². The summed E-state index contributed by atoms with van der Waals surface area (Å²) >= 11 is 14.3. The Balaban J connectivity index is 2.09. The van der Waals surface area contributed by atoms with Crippen LogP contribution in [0.2, 0.25) is 5.02 Å². The second kappa shape index (κ2) is 6.52. The van der Waals surface area contributed by atoms with Crippen LogP contribution in [0.3, 0.4) is 0 Å². The third-order valence-electron chi connectivity index (χ3n) is 2.62. The lowest BCUT2D eigenvalue weighted by molar-refractivity contribution is 0.631. The van der Waals surface area contributed by atoms with E-state index >= 15 is 0 Å². The molecule has 0 aliphatic heterocycles. The molecule has 2 nitrogen and oxygen atoms in total. The number of thiocarbonyl (C=S) groups is 1. The van der Waals surface area contributed by atoms with Gasteiger partial charge in [0.15, 0.2) is 5.11 Å². The molecule has 2 aromatic carbocycles. The van der Waals surface area contributed by atoms with Crippen molar-refractivity contribution in [2.24, 2.45) is 0 Å². The van der Waals surface area contributed by atoms with Gasteiger partial charge in [0, 0.05) is 15.2 Å². The van der Waals surface area contributed by atoms with Gasteiger partial charge < -0.3 is 10.6 Å². The van der Waals surface area contributed by atoms with Gasteiger partial charge in [-0.05, 0) is 61.1 Å². The van der Waals surface area contributed by atoms with Gasteiger partial charge in [0.25, 0.3) is 0 Å². The molecule has 0 saturated carbocycles. The molecule has 6 heteroatoms. The molecule has 0 atom stereocenters. The summed E-state index contributed by atoms with van der Waals surface area (Å²) in [5, 5.41) is 6.80. The maximum absolute atomic E-state index is 13.7. The maximum Gasteiger partial charge on any atom is 0.175 e. The highest BCUT2D eigenvalue weighted by Gasteiger charge is 2.06. The van der Waals surface area contributed by atoms with Gasteiger partial charge in [-0.15, -0.1) is 0 Å². The average molecular weight is 374 g/mol. The molecule has 104 valence electrons. The average Bonchev–Trinajstić information content (AvgIpc) is 2.36. The first-order chi connectivity index (χ1) is 9.45. The quantitative estimate of drug-likeness (QED) is 0.693. The fourth-order valence-electron chi connectivity index (χ4n) is 1.63. The minimum absolute atomic E-state index is 0.316. The van der Waals surface area contributed by atoms with E-state index in [0.717, 1.165) is 11.3 Å². The summed E-state index contributed by atoms with van der Waals surface area (Å²) in [5.74, 6) is -0.378. The van der Waals surface area contributed by atoms with E-state index in [-0.39, 0.29) is 5.82 Å². The Hall–Kier alpha value is -1.17. The molecule has 0 bridgehead atoms. The zero-order valence-corrected chi connectivity index (χ0v) is 13.7. The molecular weight excluding hydrogens is 363 g/mol. The molecule has 0 fully saturated rings. The van der Waals surface area contributed by atoms with E-state index in [1.54, 1.807) is 18.2 Å².